The summed E-state index contributed by atoms with van der Waals surface area (Å²) in [5.74, 6) is 14.8. The van der Waals surface area contributed by atoms with Crippen LogP contribution in [-0.4, -0.2) is 61.1 Å². The molecule has 0 saturated heterocycles. The van der Waals surface area contributed by atoms with E-state index in [1.165, 1.54) is 122 Å². The van der Waals surface area contributed by atoms with Gasteiger partial charge in [0.25, 0.3) is 0 Å². The van der Waals surface area contributed by atoms with Gasteiger partial charge in [-0.15, -0.1) is 0 Å². The first kappa shape index (κ1) is 62.8. The van der Waals surface area contributed by atoms with E-state index in [4.69, 9.17) is 29.3 Å². The maximum atomic E-state index is 11.3. The van der Waals surface area contributed by atoms with Gasteiger partial charge >= 0.3 is 5.97 Å². The molecule has 80 heavy (non-hydrogen) atoms. The molecular weight excluding hydrogens is 1020 g/mol. The van der Waals surface area contributed by atoms with Crippen molar-refractivity contribution in [3.05, 3.63) is 11.7 Å². The van der Waals surface area contributed by atoms with Gasteiger partial charge in [-0.1, -0.05) is 105 Å². The number of amidine groups is 1. The van der Waals surface area contributed by atoms with Crippen LogP contribution in [0.3, 0.4) is 0 Å². The Bertz CT molecular complexity index is 2270. The highest BCUT2D eigenvalue weighted by Crippen LogP contribution is 2.72. The molecule has 10 saturated carbocycles. The van der Waals surface area contributed by atoms with Gasteiger partial charge in [-0.2, -0.15) is 4.98 Å². The number of nitrogens with zero attached hydrogens (tertiary/aromatic N) is 3. The van der Waals surface area contributed by atoms with Gasteiger partial charge in [0.2, 0.25) is 5.89 Å². The summed E-state index contributed by atoms with van der Waals surface area (Å²) in [6, 6.07) is 0. The molecule has 22 atom stereocenters. The Morgan fingerprint density at radius 1 is 0.650 bits per heavy atom. The summed E-state index contributed by atoms with van der Waals surface area (Å²) in [4.78, 5) is 16.0. The van der Waals surface area contributed by atoms with Gasteiger partial charge in [-0.05, 0) is 271 Å². The third-order valence-electron chi connectivity index (χ3n) is 26.0. The molecule has 0 unspecified atom stereocenters. The second-order valence-corrected chi connectivity index (χ2v) is 42.0. The summed E-state index contributed by atoms with van der Waals surface area (Å²) >= 11 is 0. The van der Waals surface area contributed by atoms with Crippen LogP contribution in [0.2, 0.25) is 39.3 Å². The molecule has 0 amide bonds. The zero-order valence-corrected chi connectivity index (χ0v) is 56.0. The lowest BCUT2D eigenvalue weighted by molar-refractivity contribution is -0.193. The van der Waals surface area contributed by atoms with Crippen molar-refractivity contribution < 1.29 is 28.5 Å². The number of nitrogens with two attached hydrogens (primary N) is 1. The number of aryl methyl sites for hydroxylation is 1. The monoisotopic (exact) mass is 1140 g/mol. The van der Waals surface area contributed by atoms with Gasteiger partial charge < -0.3 is 29.4 Å². The van der Waals surface area contributed by atoms with Crippen LogP contribution in [0.1, 0.15) is 235 Å². The van der Waals surface area contributed by atoms with Crippen LogP contribution in [-0.2, 0) is 20.1 Å². The van der Waals surface area contributed by atoms with Crippen molar-refractivity contribution in [3.63, 3.8) is 0 Å². The van der Waals surface area contributed by atoms with E-state index in [1.807, 2.05) is 0 Å². The molecule has 456 valence electrons. The van der Waals surface area contributed by atoms with Gasteiger partial charge in [0.05, 0.1) is 12.2 Å². The second kappa shape index (κ2) is 24.2. The number of aromatic nitrogens is 2. The molecule has 10 fully saturated rings. The highest BCUT2D eigenvalue weighted by atomic mass is 28.4. The molecule has 0 spiro atoms. The molecule has 1 aromatic heterocycles. The Morgan fingerprint density at radius 2 is 1.09 bits per heavy atom. The lowest BCUT2D eigenvalue weighted by atomic mass is 9.41. The van der Waals surface area contributed by atoms with Crippen molar-refractivity contribution in [1.29, 1.82) is 0 Å². The lowest BCUT2D eigenvalue weighted by Gasteiger charge is -2.66. The Morgan fingerprint density at radius 3 is 1.48 bits per heavy atom. The predicted molar refractivity (Wildman–Crippen MR) is 330 cm³/mol. The molecule has 0 aromatic carbocycles. The van der Waals surface area contributed by atoms with Crippen molar-refractivity contribution >= 4 is 28.4 Å². The fourth-order valence-electron chi connectivity index (χ4n) is 21.8. The van der Waals surface area contributed by atoms with Crippen LogP contribution >= 0.6 is 0 Å². The van der Waals surface area contributed by atoms with E-state index in [1.54, 1.807) is 0 Å². The Kier molecular flexibility index (Phi) is 19.0. The molecule has 10 nitrogen and oxygen atoms in total. The van der Waals surface area contributed by atoms with E-state index in [-0.39, 0.29) is 0 Å². The van der Waals surface area contributed by atoms with E-state index in [0.29, 0.717) is 87.5 Å². The molecule has 0 bridgehead atoms. The van der Waals surface area contributed by atoms with Crippen LogP contribution in [0.5, 0.6) is 0 Å². The Labute approximate surface area is 490 Å². The van der Waals surface area contributed by atoms with Crippen LogP contribution < -0.4 is 5.73 Å². The molecule has 0 aliphatic heterocycles. The minimum absolute atomic E-state index is 0.321. The number of rotatable bonds is 16. The van der Waals surface area contributed by atoms with Crippen LogP contribution in [0.4, 0.5) is 0 Å². The highest BCUT2D eigenvalue weighted by molar-refractivity contribution is 6.70. The summed E-state index contributed by atoms with van der Waals surface area (Å²) in [6.45, 7) is 40.1. The zero-order chi connectivity index (χ0) is 58.1. The first-order chi connectivity index (χ1) is 37.6. The number of aliphatic carboxylic acids is 1. The van der Waals surface area contributed by atoms with Crippen molar-refractivity contribution in [1.82, 2.24) is 10.1 Å². The topological polar surface area (TPSA) is 153 Å². The Hall–Kier alpha value is -1.77. The number of oxime groups is 1. The zero-order valence-electron chi connectivity index (χ0n) is 54.0. The number of hydrogen-bond acceptors (Lipinski definition) is 8. The van der Waals surface area contributed by atoms with Gasteiger partial charge in [-0.3, -0.25) is 4.79 Å². The van der Waals surface area contributed by atoms with E-state index in [0.717, 1.165) is 102 Å². The quantitative estimate of drug-likeness (QED) is 0.0483. The fourth-order valence-corrected chi connectivity index (χ4v) is 24.1. The van der Waals surface area contributed by atoms with Crippen molar-refractivity contribution in [3.8, 4) is 0 Å². The van der Waals surface area contributed by atoms with Crippen molar-refractivity contribution in [2.75, 3.05) is 0 Å². The van der Waals surface area contributed by atoms with E-state index in [9.17, 15) is 9.90 Å². The molecule has 10 aliphatic carbocycles. The molecule has 10 aliphatic rings. The van der Waals surface area contributed by atoms with Crippen LogP contribution in [0.15, 0.2) is 9.68 Å². The maximum Gasteiger partial charge on any atom is 0.303 e. The number of fused-ring (bicyclic) bond motifs is 10. The maximum absolute atomic E-state index is 11.3. The molecule has 0 radical (unpaired) electrons. The van der Waals surface area contributed by atoms with E-state index in [2.05, 4.69) is 119 Å². The molecule has 4 N–H and O–H groups in total. The third kappa shape index (κ3) is 12.6. The van der Waals surface area contributed by atoms with E-state index < -0.39 is 22.6 Å². The Balaban J connectivity index is 0.000000174. The summed E-state index contributed by atoms with van der Waals surface area (Å²) in [7, 11) is -3.33. The normalized spacial score (nSPS) is 44.0. The number of carboxylic acids is 1. The highest BCUT2D eigenvalue weighted by Gasteiger charge is 2.67. The summed E-state index contributed by atoms with van der Waals surface area (Å²) in [5, 5.41) is 24.4. The SMILES string of the molecule is CC[C@H]1[C@@H](O[Si](C)(C)C)[C@@H]2[C@H](CC[C@]3(C)[C@@H]([C@H](C)CCC(=O)O)CC[C@@H]23)[C@@]2(C)CC[C@@H](C)C[C@@H]12.CC[C@H]1[C@@H](O[Si](C)(C)C)[C@@H]2[C@H](CC[C@]3(C)[C@@H]([C@H](C)CCc4nc(C5CC5)no4)CC[C@@H]23)[C@@]2(C)CC[C@@H](C)C[C@@H]12.N/C(=N/O)C1CC1. The van der Waals surface area contributed by atoms with Crippen molar-refractivity contribution in [2.45, 2.75) is 281 Å². The van der Waals surface area contributed by atoms with Gasteiger partial charge in [0, 0.05) is 24.7 Å². The second-order valence-electron chi connectivity index (χ2n) is 33.1. The van der Waals surface area contributed by atoms with Gasteiger partial charge in [0.15, 0.2) is 22.5 Å². The first-order valence-electron chi connectivity index (χ1n) is 34.0. The standard InChI is InChI=1S/C34H58N2O2Si.C30H54O3Si.C4H8N2O/c1-9-24-28-20-21(2)16-18-34(28,5)27-17-19-33(4)25(13-14-26(33)30(27)31(24)38-39(6,7)8)22(3)10-15-29-35-32(36-37-29)23-11-12-23;1-9-21-25-18-19(2)14-16-30(25,5)24-15-17-29(4)22(20(3)10-13-26(31)32)11-12-23(29)27(24)28(21)33-34(6,7)8;5-4(6-7)3-1-2-3/h21-28,30-31H,9-20H2,1-8H3;19-25,27-28H,9-18H2,1-8H3,(H,31,32);3,7H,1-2H2,(H2,5,6)/t21-,22-,24-,25-,26+,27+,28+,30+,31-,33-,34-;19-,20-,21-,22-,23+,24+,25+,27+,28-,29-,30-;/m11./s1. The van der Waals surface area contributed by atoms with Crippen molar-refractivity contribution in [2.24, 2.45) is 133 Å². The predicted octanol–water partition coefficient (Wildman–Crippen LogP) is 17.7. The van der Waals surface area contributed by atoms with Gasteiger partial charge in [0.1, 0.15) is 5.84 Å². The summed E-state index contributed by atoms with van der Waals surface area (Å²) < 4.78 is 20.3. The fraction of sp³-hybridized carbons (Fsp3) is 0.941. The van der Waals surface area contributed by atoms with Crippen LogP contribution in [0, 0.1) is 122 Å². The number of hydrogen-bond donors (Lipinski definition) is 3. The van der Waals surface area contributed by atoms with Gasteiger partial charge in [-0.25, -0.2) is 0 Å². The van der Waals surface area contributed by atoms with E-state index >= 15 is 0 Å². The number of carbonyl (C=O) groups is 1. The average molecular weight is 1150 g/mol. The molecule has 1 heterocycles. The molecule has 12 heteroatoms. The third-order valence-corrected chi connectivity index (χ3v) is 27.9. The minimum atomic E-state index is -1.67. The molecule has 1 aromatic rings. The largest absolute Gasteiger partial charge is 0.481 e. The molecule has 11 rings (SSSR count). The summed E-state index contributed by atoms with van der Waals surface area (Å²) in [6.07, 6.45) is 30.9. The summed E-state index contributed by atoms with van der Waals surface area (Å²) in [5.41, 5.74) is 6.96. The molecular formula is C68H120N4O6Si2. The number of carboxylic acid groups (broad SMARTS) is 1. The smallest absolute Gasteiger partial charge is 0.303 e. The minimum Gasteiger partial charge on any atom is -0.481 e. The van der Waals surface area contributed by atoms with Crippen LogP contribution in [0.25, 0.3) is 0 Å². The lowest BCUT2D eigenvalue weighted by Crippen LogP contribution is -2.63. The first-order valence-corrected chi connectivity index (χ1v) is 40.8. The average Bonchev–Trinajstić information content (AvgIpc) is 4.36.